The number of nitrogens with zero attached hydrogens (tertiary/aromatic N) is 4. The molecule has 1 fully saturated rings. The van der Waals surface area contributed by atoms with Gasteiger partial charge < -0.3 is 4.90 Å². The SMILES string of the molecule is N#CCC(=C(C#N)C#N)N1CC(Br)CC1=O. The second-order valence-electron chi connectivity index (χ2n) is 3.19. The zero-order valence-electron chi connectivity index (χ0n) is 8.27. The highest BCUT2D eigenvalue weighted by Crippen LogP contribution is 2.25. The molecule has 0 aliphatic carbocycles. The fourth-order valence-corrected chi connectivity index (χ4v) is 2.04. The Balaban J connectivity index is 3.12. The van der Waals surface area contributed by atoms with Crippen LogP contribution in [-0.4, -0.2) is 22.2 Å². The molecule has 1 rings (SSSR count). The first kappa shape index (κ1) is 12.2. The van der Waals surface area contributed by atoms with Crippen LogP contribution in [0.4, 0.5) is 0 Å². The van der Waals surface area contributed by atoms with Crippen molar-refractivity contribution in [2.45, 2.75) is 17.7 Å². The Bertz CT molecular complexity index is 447. The summed E-state index contributed by atoms with van der Waals surface area (Å²) < 4.78 is 0. The third-order valence-corrected chi connectivity index (χ3v) is 2.78. The Morgan fingerprint density at radius 2 is 2.06 bits per heavy atom. The molecular formula is C10H7BrN4O. The zero-order chi connectivity index (χ0) is 12.1. The maximum absolute atomic E-state index is 11.6. The second kappa shape index (κ2) is 5.30. The molecule has 0 spiro atoms. The number of nitriles is 3. The number of rotatable bonds is 2. The van der Waals surface area contributed by atoms with E-state index in [0.29, 0.717) is 13.0 Å². The number of hydrogen-bond donors (Lipinski definition) is 0. The topological polar surface area (TPSA) is 91.7 Å². The molecule has 1 heterocycles. The summed E-state index contributed by atoms with van der Waals surface area (Å²) in [5.41, 5.74) is 0.0379. The van der Waals surface area contributed by atoms with E-state index in [1.165, 1.54) is 4.90 Å². The van der Waals surface area contributed by atoms with E-state index in [0.717, 1.165) is 0 Å². The molecule has 0 N–H and O–H groups in total. The predicted octanol–water partition coefficient (Wildman–Crippen LogP) is 1.20. The van der Waals surface area contributed by atoms with E-state index >= 15 is 0 Å². The zero-order valence-corrected chi connectivity index (χ0v) is 9.86. The molecule has 1 saturated heterocycles. The summed E-state index contributed by atoms with van der Waals surface area (Å²) in [6.07, 6.45) is 0.209. The molecular weight excluding hydrogens is 272 g/mol. The third-order valence-electron chi connectivity index (χ3n) is 2.16. The van der Waals surface area contributed by atoms with Crippen LogP contribution < -0.4 is 0 Å². The lowest BCUT2D eigenvalue weighted by atomic mass is 10.2. The van der Waals surface area contributed by atoms with Gasteiger partial charge in [-0.3, -0.25) is 4.79 Å². The van der Waals surface area contributed by atoms with Crippen molar-refractivity contribution in [1.82, 2.24) is 4.90 Å². The molecule has 0 aromatic carbocycles. The number of hydrogen-bond acceptors (Lipinski definition) is 4. The van der Waals surface area contributed by atoms with Gasteiger partial charge in [0.25, 0.3) is 0 Å². The first-order chi connectivity index (χ1) is 7.63. The van der Waals surface area contributed by atoms with Crippen LogP contribution in [0.5, 0.6) is 0 Å². The van der Waals surface area contributed by atoms with E-state index in [1.54, 1.807) is 12.1 Å². The Hall–Kier alpha value is -1.84. The lowest BCUT2D eigenvalue weighted by molar-refractivity contribution is -0.126. The van der Waals surface area contributed by atoms with Crippen molar-refractivity contribution in [2.24, 2.45) is 0 Å². The maximum atomic E-state index is 11.6. The lowest BCUT2D eigenvalue weighted by Gasteiger charge is -2.17. The minimum atomic E-state index is -0.171. The van der Waals surface area contributed by atoms with Crippen molar-refractivity contribution < 1.29 is 4.79 Å². The van der Waals surface area contributed by atoms with Crippen LogP contribution in [0.25, 0.3) is 0 Å². The molecule has 16 heavy (non-hydrogen) atoms. The molecule has 0 saturated carbocycles. The van der Waals surface area contributed by atoms with Crippen LogP contribution in [0, 0.1) is 34.0 Å². The standard InChI is InChI=1S/C10H7BrN4O/c11-8-3-10(16)15(6-8)9(1-2-12)7(4-13)5-14/h8H,1,3,6H2. The van der Waals surface area contributed by atoms with Gasteiger partial charge in [0, 0.05) is 17.8 Å². The summed E-state index contributed by atoms with van der Waals surface area (Å²) in [5, 5.41) is 26.1. The van der Waals surface area contributed by atoms with Crippen molar-refractivity contribution in [2.75, 3.05) is 6.54 Å². The van der Waals surface area contributed by atoms with Gasteiger partial charge in [0.05, 0.1) is 18.2 Å². The molecule has 1 unspecified atom stereocenters. The summed E-state index contributed by atoms with van der Waals surface area (Å²) in [6, 6.07) is 5.27. The van der Waals surface area contributed by atoms with Crippen LogP contribution in [-0.2, 0) is 4.79 Å². The van der Waals surface area contributed by atoms with Gasteiger partial charge in [-0.2, -0.15) is 15.8 Å². The van der Waals surface area contributed by atoms with Crippen LogP contribution in [0.2, 0.25) is 0 Å². The molecule has 5 nitrogen and oxygen atoms in total. The van der Waals surface area contributed by atoms with Crippen molar-refractivity contribution in [3.05, 3.63) is 11.3 Å². The summed E-state index contributed by atoms with van der Waals surface area (Å²) in [4.78, 5) is 12.9. The van der Waals surface area contributed by atoms with Gasteiger partial charge in [0.2, 0.25) is 5.91 Å². The van der Waals surface area contributed by atoms with Gasteiger partial charge in [-0.15, -0.1) is 0 Å². The summed E-state index contributed by atoms with van der Waals surface area (Å²) in [5.74, 6) is -0.171. The first-order valence-electron chi connectivity index (χ1n) is 4.48. The minimum Gasteiger partial charge on any atom is -0.312 e. The predicted molar refractivity (Wildman–Crippen MR) is 57.5 cm³/mol. The van der Waals surface area contributed by atoms with Crippen LogP contribution in [0.3, 0.4) is 0 Å². The van der Waals surface area contributed by atoms with Gasteiger partial charge in [-0.05, 0) is 0 Å². The van der Waals surface area contributed by atoms with Crippen molar-refractivity contribution in [3.8, 4) is 18.2 Å². The maximum Gasteiger partial charge on any atom is 0.228 e. The van der Waals surface area contributed by atoms with Crippen LogP contribution in [0.1, 0.15) is 12.8 Å². The largest absolute Gasteiger partial charge is 0.312 e. The Kier molecular flexibility index (Phi) is 4.05. The fraction of sp³-hybridized carbons (Fsp3) is 0.400. The molecule has 0 aromatic rings. The molecule has 1 aliphatic rings. The number of likely N-dealkylation sites (tertiary alicyclic amines) is 1. The third kappa shape index (κ3) is 2.39. The van der Waals surface area contributed by atoms with E-state index < -0.39 is 0 Å². The fourth-order valence-electron chi connectivity index (χ4n) is 1.47. The van der Waals surface area contributed by atoms with Crippen LogP contribution in [0.15, 0.2) is 11.3 Å². The van der Waals surface area contributed by atoms with Crippen molar-refractivity contribution in [3.63, 3.8) is 0 Å². The van der Waals surface area contributed by atoms with Gasteiger partial charge in [-0.1, -0.05) is 15.9 Å². The van der Waals surface area contributed by atoms with Gasteiger partial charge in [0.15, 0.2) is 0 Å². The molecule has 1 aliphatic heterocycles. The lowest BCUT2D eigenvalue weighted by Crippen LogP contribution is -2.25. The number of halogens is 1. The second-order valence-corrected chi connectivity index (χ2v) is 4.48. The van der Waals surface area contributed by atoms with E-state index in [4.69, 9.17) is 15.8 Å². The molecule has 80 valence electrons. The van der Waals surface area contributed by atoms with E-state index in [1.807, 2.05) is 6.07 Å². The Morgan fingerprint density at radius 3 is 2.44 bits per heavy atom. The van der Waals surface area contributed by atoms with Crippen molar-refractivity contribution in [1.29, 1.82) is 15.8 Å². The highest BCUT2D eigenvalue weighted by molar-refractivity contribution is 9.09. The van der Waals surface area contributed by atoms with Gasteiger partial charge in [-0.25, -0.2) is 0 Å². The quantitative estimate of drug-likeness (QED) is 0.560. The summed E-state index contributed by atoms with van der Waals surface area (Å²) in [6.45, 7) is 0.392. The number of carbonyl (C=O) groups excluding carboxylic acids is 1. The highest BCUT2D eigenvalue weighted by Gasteiger charge is 2.31. The van der Waals surface area contributed by atoms with Gasteiger partial charge in [0.1, 0.15) is 17.7 Å². The van der Waals surface area contributed by atoms with Gasteiger partial charge >= 0.3 is 0 Å². The Labute approximate surface area is 101 Å². The average Bonchev–Trinajstić information content (AvgIpc) is 2.58. The molecule has 6 heteroatoms. The van der Waals surface area contributed by atoms with E-state index in [-0.39, 0.29) is 28.4 Å². The summed E-state index contributed by atoms with van der Waals surface area (Å²) in [7, 11) is 0. The smallest absolute Gasteiger partial charge is 0.228 e. The molecule has 0 radical (unpaired) electrons. The first-order valence-corrected chi connectivity index (χ1v) is 5.40. The molecule has 1 atom stereocenters. The monoisotopic (exact) mass is 278 g/mol. The van der Waals surface area contributed by atoms with Crippen LogP contribution >= 0.6 is 15.9 Å². The normalized spacial score (nSPS) is 18.5. The van der Waals surface area contributed by atoms with Crippen molar-refractivity contribution >= 4 is 21.8 Å². The Morgan fingerprint density at radius 1 is 1.44 bits per heavy atom. The summed E-state index contributed by atoms with van der Waals surface area (Å²) >= 11 is 3.30. The number of allylic oxidation sites excluding steroid dienone is 2. The molecule has 1 amide bonds. The van der Waals surface area contributed by atoms with E-state index in [9.17, 15) is 4.79 Å². The number of alkyl halides is 1. The number of amides is 1. The van der Waals surface area contributed by atoms with E-state index in [2.05, 4.69) is 15.9 Å². The molecule has 0 aromatic heterocycles. The highest BCUT2D eigenvalue weighted by atomic mass is 79.9. The number of carbonyl (C=O) groups is 1. The minimum absolute atomic E-state index is 0.00679. The average molecular weight is 279 g/mol. The molecule has 0 bridgehead atoms.